The predicted molar refractivity (Wildman–Crippen MR) is 60.9 cm³/mol. The molecule has 0 bridgehead atoms. The lowest BCUT2D eigenvalue weighted by atomic mass is 10.1. The lowest BCUT2D eigenvalue weighted by Gasteiger charge is -2.19. The predicted octanol–water partition coefficient (Wildman–Crippen LogP) is 3.40. The van der Waals surface area contributed by atoms with Crippen LogP contribution in [0, 0.1) is 0 Å². The van der Waals surface area contributed by atoms with Gasteiger partial charge in [0.15, 0.2) is 5.75 Å². The van der Waals surface area contributed by atoms with Crippen LogP contribution in [0.2, 0.25) is 0 Å². The van der Waals surface area contributed by atoms with Crippen molar-refractivity contribution in [2.75, 3.05) is 0 Å². The Hall–Kier alpha value is -0.550. The maximum absolute atomic E-state index is 11.3. The molecule has 1 heterocycles. The molecule has 1 aromatic rings. The summed E-state index contributed by atoms with van der Waals surface area (Å²) in [5.74, 6) is 0.553. The van der Waals surface area contributed by atoms with Crippen LogP contribution in [0.15, 0.2) is 15.2 Å². The number of halogens is 1. The van der Waals surface area contributed by atoms with Crippen molar-refractivity contribution >= 4 is 33.4 Å². The molecule has 1 N–H and O–H groups in total. The molecular weight excluding hydrogens is 266 g/mol. The van der Waals surface area contributed by atoms with Gasteiger partial charge < -0.3 is 10.1 Å². The zero-order valence-electron chi connectivity index (χ0n) is 8.26. The minimum atomic E-state index is -0.434. The number of thiophene rings is 1. The van der Waals surface area contributed by atoms with E-state index in [4.69, 9.17) is 4.74 Å². The Morgan fingerprint density at radius 1 is 1.50 bits per heavy atom. The standard InChI is InChI=1S/C9H12BrNO2S/c1-9(2,3)11-8(12)13-7-5-14-4-6(7)10/h4-5H,1-3H3,(H,11,12). The highest BCUT2D eigenvalue weighted by Gasteiger charge is 2.16. The van der Waals surface area contributed by atoms with E-state index in [0.29, 0.717) is 5.75 Å². The number of amides is 1. The summed E-state index contributed by atoms with van der Waals surface area (Å²) in [5, 5.41) is 6.34. The quantitative estimate of drug-likeness (QED) is 0.855. The minimum Gasteiger partial charge on any atom is -0.408 e. The lowest BCUT2D eigenvalue weighted by Crippen LogP contribution is -2.42. The summed E-state index contributed by atoms with van der Waals surface area (Å²) < 4.78 is 5.87. The highest BCUT2D eigenvalue weighted by atomic mass is 79.9. The van der Waals surface area contributed by atoms with Gasteiger partial charge in [-0.1, -0.05) is 0 Å². The summed E-state index contributed by atoms with van der Waals surface area (Å²) in [4.78, 5) is 11.3. The second-order valence-electron chi connectivity index (χ2n) is 3.85. The Morgan fingerprint density at radius 2 is 2.14 bits per heavy atom. The second-order valence-corrected chi connectivity index (χ2v) is 5.45. The fourth-order valence-electron chi connectivity index (χ4n) is 0.774. The molecule has 0 radical (unpaired) electrons. The van der Waals surface area contributed by atoms with Gasteiger partial charge in [0.2, 0.25) is 0 Å². The van der Waals surface area contributed by atoms with Crippen LogP contribution in [0.25, 0.3) is 0 Å². The van der Waals surface area contributed by atoms with Gasteiger partial charge in [-0.3, -0.25) is 0 Å². The number of carbonyl (C=O) groups excluding carboxylic acids is 1. The van der Waals surface area contributed by atoms with Crippen LogP contribution in [0.3, 0.4) is 0 Å². The number of hydrogen-bond acceptors (Lipinski definition) is 3. The Morgan fingerprint density at radius 3 is 2.57 bits per heavy atom. The number of ether oxygens (including phenoxy) is 1. The average molecular weight is 278 g/mol. The van der Waals surface area contributed by atoms with Gasteiger partial charge in [-0.05, 0) is 36.7 Å². The molecule has 0 aromatic carbocycles. The molecule has 0 saturated heterocycles. The van der Waals surface area contributed by atoms with Gasteiger partial charge >= 0.3 is 6.09 Å². The van der Waals surface area contributed by atoms with Crippen molar-refractivity contribution in [2.24, 2.45) is 0 Å². The van der Waals surface area contributed by atoms with Crippen molar-refractivity contribution in [3.8, 4) is 5.75 Å². The highest BCUT2D eigenvalue weighted by molar-refractivity contribution is 9.10. The summed E-state index contributed by atoms with van der Waals surface area (Å²) in [7, 11) is 0. The lowest BCUT2D eigenvalue weighted by molar-refractivity contribution is 0.190. The van der Waals surface area contributed by atoms with Gasteiger partial charge in [0, 0.05) is 16.3 Å². The molecule has 3 nitrogen and oxygen atoms in total. The minimum absolute atomic E-state index is 0.278. The van der Waals surface area contributed by atoms with E-state index >= 15 is 0 Å². The first-order valence-corrected chi connectivity index (χ1v) is 5.84. The fraction of sp³-hybridized carbons (Fsp3) is 0.444. The second kappa shape index (κ2) is 4.31. The number of nitrogens with one attached hydrogen (secondary N) is 1. The van der Waals surface area contributed by atoms with Crippen molar-refractivity contribution in [2.45, 2.75) is 26.3 Å². The topological polar surface area (TPSA) is 38.3 Å². The van der Waals surface area contributed by atoms with E-state index < -0.39 is 6.09 Å². The van der Waals surface area contributed by atoms with E-state index in [1.54, 1.807) is 5.38 Å². The average Bonchev–Trinajstić information content (AvgIpc) is 2.32. The summed E-state index contributed by atoms with van der Waals surface area (Å²) >= 11 is 4.75. The van der Waals surface area contributed by atoms with Crippen LogP contribution in [0.4, 0.5) is 4.79 Å². The van der Waals surface area contributed by atoms with Crippen LogP contribution in [0.5, 0.6) is 5.75 Å². The van der Waals surface area contributed by atoms with E-state index in [1.165, 1.54) is 11.3 Å². The van der Waals surface area contributed by atoms with E-state index in [0.717, 1.165) is 4.47 Å². The van der Waals surface area contributed by atoms with Crippen molar-refractivity contribution in [3.63, 3.8) is 0 Å². The van der Waals surface area contributed by atoms with Crippen LogP contribution < -0.4 is 10.1 Å². The van der Waals surface area contributed by atoms with Gasteiger partial charge in [0.1, 0.15) is 0 Å². The summed E-state index contributed by atoms with van der Waals surface area (Å²) in [6.45, 7) is 5.70. The Kier molecular flexibility index (Phi) is 3.55. The molecule has 0 saturated carbocycles. The van der Waals surface area contributed by atoms with Gasteiger partial charge in [0.05, 0.1) is 4.47 Å². The number of hydrogen-bond donors (Lipinski definition) is 1. The molecule has 0 fully saturated rings. The third-order valence-electron chi connectivity index (χ3n) is 1.26. The van der Waals surface area contributed by atoms with Crippen LogP contribution in [-0.2, 0) is 0 Å². The maximum atomic E-state index is 11.3. The zero-order chi connectivity index (χ0) is 10.8. The molecule has 78 valence electrons. The highest BCUT2D eigenvalue weighted by Crippen LogP contribution is 2.28. The first-order chi connectivity index (χ1) is 6.38. The number of carbonyl (C=O) groups is 1. The van der Waals surface area contributed by atoms with Gasteiger partial charge in [-0.15, -0.1) is 11.3 Å². The molecule has 0 aliphatic rings. The molecule has 14 heavy (non-hydrogen) atoms. The Balaban J connectivity index is 2.54. The summed E-state index contributed by atoms with van der Waals surface area (Å²) in [6, 6.07) is 0. The molecule has 0 atom stereocenters. The SMILES string of the molecule is CC(C)(C)NC(=O)Oc1cscc1Br. The van der Waals surface area contributed by atoms with Crippen molar-refractivity contribution < 1.29 is 9.53 Å². The molecule has 1 rings (SSSR count). The van der Waals surface area contributed by atoms with Gasteiger partial charge in [-0.25, -0.2) is 4.79 Å². The van der Waals surface area contributed by atoms with Crippen molar-refractivity contribution in [1.29, 1.82) is 0 Å². The normalized spacial score (nSPS) is 11.1. The largest absolute Gasteiger partial charge is 0.413 e. The third-order valence-corrected chi connectivity index (χ3v) is 2.91. The van der Waals surface area contributed by atoms with E-state index in [-0.39, 0.29) is 5.54 Å². The smallest absolute Gasteiger partial charge is 0.408 e. The van der Waals surface area contributed by atoms with Crippen LogP contribution >= 0.6 is 27.3 Å². The molecule has 0 unspecified atom stereocenters. The first kappa shape index (κ1) is 11.5. The van der Waals surface area contributed by atoms with E-state index in [9.17, 15) is 4.79 Å². The number of rotatable bonds is 1. The van der Waals surface area contributed by atoms with Gasteiger partial charge in [0.25, 0.3) is 0 Å². The molecule has 0 spiro atoms. The molecule has 0 aliphatic heterocycles. The van der Waals surface area contributed by atoms with E-state index in [1.807, 2.05) is 26.2 Å². The molecular formula is C9H12BrNO2S. The zero-order valence-corrected chi connectivity index (χ0v) is 10.7. The summed E-state index contributed by atoms with van der Waals surface area (Å²) in [5.41, 5.74) is -0.278. The molecule has 0 aliphatic carbocycles. The van der Waals surface area contributed by atoms with Crippen molar-refractivity contribution in [3.05, 3.63) is 15.2 Å². The molecule has 5 heteroatoms. The summed E-state index contributed by atoms with van der Waals surface area (Å²) in [6.07, 6.45) is -0.434. The molecule has 1 amide bonds. The third kappa shape index (κ3) is 3.67. The van der Waals surface area contributed by atoms with Crippen molar-refractivity contribution in [1.82, 2.24) is 5.32 Å². The maximum Gasteiger partial charge on any atom is 0.413 e. The van der Waals surface area contributed by atoms with Crippen LogP contribution in [0.1, 0.15) is 20.8 Å². The first-order valence-electron chi connectivity index (χ1n) is 4.10. The Labute approximate surface area is 95.6 Å². The monoisotopic (exact) mass is 277 g/mol. The Bertz CT molecular complexity index is 330. The van der Waals surface area contributed by atoms with E-state index in [2.05, 4.69) is 21.2 Å². The van der Waals surface area contributed by atoms with Gasteiger partial charge in [-0.2, -0.15) is 0 Å². The molecule has 1 aromatic heterocycles. The van der Waals surface area contributed by atoms with Crippen LogP contribution in [-0.4, -0.2) is 11.6 Å². The fourth-order valence-corrected chi connectivity index (χ4v) is 2.05.